The average molecular weight is 430 g/mol. The maximum Gasteiger partial charge on any atom is 0.271 e. The van der Waals surface area contributed by atoms with Crippen LogP contribution in [0.1, 0.15) is 21.6 Å². The average Bonchev–Trinajstić information content (AvgIpc) is 3.28. The second-order valence-corrected chi connectivity index (χ2v) is 7.36. The zero-order valence-corrected chi connectivity index (χ0v) is 17.5. The number of carbonyl (C=O) groups is 1. The van der Waals surface area contributed by atoms with E-state index in [9.17, 15) is 9.18 Å². The van der Waals surface area contributed by atoms with Crippen LogP contribution in [0.25, 0.3) is 5.69 Å². The second kappa shape index (κ2) is 9.30. The lowest BCUT2D eigenvalue weighted by Gasteiger charge is -2.10. The van der Waals surface area contributed by atoms with Gasteiger partial charge in [-0.25, -0.2) is 14.4 Å². The Labute approximate surface area is 185 Å². The number of rotatable bonds is 7. The van der Waals surface area contributed by atoms with Gasteiger partial charge in [0.25, 0.3) is 5.91 Å². The minimum Gasteiger partial charge on any atom is -0.399 e. The maximum atomic E-state index is 13.1. The van der Waals surface area contributed by atoms with E-state index in [0.717, 1.165) is 22.5 Å². The molecule has 1 amide bonds. The van der Waals surface area contributed by atoms with E-state index in [2.05, 4.69) is 20.6 Å². The van der Waals surface area contributed by atoms with Crippen LogP contribution >= 0.6 is 0 Å². The summed E-state index contributed by atoms with van der Waals surface area (Å²) in [6, 6.07) is 15.5. The highest BCUT2D eigenvalue weighted by Crippen LogP contribution is 2.21. The Kier molecular flexibility index (Phi) is 6.12. The van der Waals surface area contributed by atoms with Crippen molar-refractivity contribution in [3.63, 3.8) is 0 Å². The summed E-state index contributed by atoms with van der Waals surface area (Å²) in [5.74, 6) is 0.0385. The largest absolute Gasteiger partial charge is 0.399 e. The van der Waals surface area contributed by atoms with Crippen LogP contribution in [0.4, 0.5) is 21.6 Å². The van der Waals surface area contributed by atoms with E-state index in [-0.39, 0.29) is 11.7 Å². The Bertz CT molecular complexity index is 1240. The lowest BCUT2D eigenvalue weighted by atomic mass is 10.1. The summed E-state index contributed by atoms with van der Waals surface area (Å²) in [4.78, 5) is 21.1. The predicted octanol–water partition coefficient (Wildman–Crippen LogP) is 4.01. The van der Waals surface area contributed by atoms with Gasteiger partial charge in [0.2, 0.25) is 0 Å². The molecule has 2 aromatic heterocycles. The molecule has 32 heavy (non-hydrogen) atoms. The van der Waals surface area contributed by atoms with Crippen molar-refractivity contribution in [3.05, 3.63) is 96.0 Å². The summed E-state index contributed by atoms with van der Waals surface area (Å²) < 4.78 is 14.9. The summed E-state index contributed by atoms with van der Waals surface area (Å²) in [6.45, 7) is 2.38. The standard InChI is InChI=1S/C24H23FN6O/c1-16-13-28-23(30-19-8-6-18(25)7-9-19)12-22(16)31-14-21(29-15-31)24(32)27-11-10-17-4-2-3-5-20(17)26/h2-9,12-15H,10-11,26H2,1H3,(H,27,32)(H,28,30). The summed E-state index contributed by atoms with van der Waals surface area (Å²) in [7, 11) is 0. The number of anilines is 3. The first-order valence-electron chi connectivity index (χ1n) is 10.1. The van der Waals surface area contributed by atoms with Gasteiger partial charge in [0.1, 0.15) is 23.7 Å². The van der Waals surface area contributed by atoms with Crippen LogP contribution in [-0.2, 0) is 6.42 Å². The molecule has 0 fully saturated rings. The van der Waals surface area contributed by atoms with Crippen LogP contribution in [0, 0.1) is 12.7 Å². The number of para-hydroxylation sites is 1. The van der Waals surface area contributed by atoms with Gasteiger partial charge in [0, 0.05) is 36.4 Å². The Morgan fingerprint density at radius 1 is 1.12 bits per heavy atom. The Morgan fingerprint density at radius 3 is 2.69 bits per heavy atom. The van der Waals surface area contributed by atoms with Gasteiger partial charge in [-0.3, -0.25) is 4.79 Å². The molecule has 0 saturated heterocycles. The van der Waals surface area contributed by atoms with Crippen molar-refractivity contribution in [1.29, 1.82) is 0 Å². The third-order valence-corrected chi connectivity index (χ3v) is 5.02. The van der Waals surface area contributed by atoms with Gasteiger partial charge in [0.05, 0.1) is 5.69 Å². The van der Waals surface area contributed by atoms with Crippen molar-refractivity contribution >= 4 is 23.1 Å². The van der Waals surface area contributed by atoms with Gasteiger partial charge in [-0.05, 0) is 54.8 Å². The monoisotopic (exact) mass is 430 g/mol. The van der Waals surface area contributed by atoms with Crippen molar-refractivity contribution in [1.82, 2.24) is 19.9 Å². The number of halogens is 1. The van der Waals surface area contributed by atoms with Crippen molar-refractivity contribution in [2.75, 3.05) is 17.6 Å². The van der Waals surface area contributed by atoms with E-state index in [1.807, 2.05) is 37.3 Å². The molecule has 4 rings (SSSR count). The first kappa shape index (κ1) is 21.0. The van der Waals surface area contributed by atoms with Crippen molar-refractivity contribution in [2.24, 2.45) is 0 Å². The molecule has 0 aliphatic heterocycles. The second-order valence-electron chi connectivity index (χ2n) is 7.36. The van der Waals surface area contributed by atoms with Gasteiger partial charge >= 0.3 is 0 Å². The third-order valence-electron chi connectivity index (χ3n) is 5.02. The van der Waals surface area contributed by atoms with E-state index in [1.54, 1.807) is 35.4 Å². The third kappa shape index (κ3) is 4.92. The topological polar surface area (TPSA) is 97.9 Å². The molecule has 0 atom stereocenters. The fraction of sp³-hybridized carbons (Fsp3) is 0.125. The van der Waals surface area contributed by atoms with Gasteiger partial charge in [0.15, 0.2) is 0 Å². The van der Waals surface area contributed by atoms with Crippen LogP contribution in [0.2, 0.25) is 0 Å². The zero-order valence-electron chi connectivity index (χ0n) is 17.5. The van der Waals surface area contributed by atoms with E-state index in [1.165, 1.54) is 12.1 Å². The van der Waals surface area contributed by atoms with Crippen LogP contribution < -0.4 is 16.4 Å². The van der Waals surface area contributed by atoms with Crippen LogP contribution in [0.3, 0.4) is 0 Å². The van der Waals surface area contributed by atoms with Gasteiger partial charge in [-0.1, -0.05) is 18.2 Å². The first-order valence-corrected chi connectivity index (χ1v) is 10.1. The molecule has 0 unspecified atom stereocenters. The van der Waals surface area contributed by atoms with E-state index >= 15 is 0 Å². The highest BCUT2D eigenvalue weighted by atomic mass is 19.1. The molecule has 0 saturated carbocycles. The molecular formula is C24H23FN6O. The smallest absolute Gasteiger partial charge is 0.271 e. The molecule has 7 nitrogen and oxygen atoms in total. The number of nitrogens with one attached hydrogen (secondary N) is 2. The van der Waals surface area contributed by atoms with Gasteiger partial charge in [-0.15, -0.1) is 0 Å². The van der Waals surface area contributed by atoms with Crippen molar-refractivity contribution in [3.8, 4) is 5.69 Å². The molecule has 0 spiro atoms. The molecule has 162 valence electrons. The molecule has 0 aliphatic carbocycles. The van der Waals surface area contributed by atoms with Crippen molar-refractivity contribution < 1.29 is 9.18 Å². The molecule has 4 N–H and O–H groups in total. The van der Waals surface area contributed by atoms with Gasteiger partial charge < -0.3 is 20.9 Å². The maximum absolute atomic E-state index is 13.1. The summed E-state index contributed by atoms with van der Waals surface area (Å²) in [5.41, 5.74) is 10.4. The van der Waals surface area contributed by atoms with Gasteiger partial charge in [-0.2, -0.15) is 0 Å². The number of benzene rings is 2. The Hall–Kier alpha value is -4.20. The number of amides is 1. The molecule has 2 aromatic carbocycles. The van der Waals surface area contributed by atoms with Crippen LogP contribution in [0.15, 0.2) is 73.3 Å². The van der Waals surface area contributed by atoms with Crippen LogP contribution in [-0.4, -0.2) is 27.0 Å². The molecule has 2 heterocycles. The van der Waals surface area contributed by atoms with E-state index in [0.29, 0.717) is 30.2 Å². The quantitative estimate of drug-likeness (QED) is 0.385. The van der Waals surface area contributed by atoms with E-state index < -0.39 is 0 Å². The lowest BCUT2D eigenvalue weighted by molar-refractivity contribution is 0.0949. The van der Waals surface area contributed by atoms with Crippen LogP contribution in [0.5, 0.6) is 0 Å². The molecular weight excluding hydrogens is 407 g/mol. The molecule has 0 bridgehead atoms. The Balaban J connectivity index is 1.43. The number of nitrogens with zero attached hydrogens (tertiary/aromatic N) is 3. The minimum atomic E-state index is -0.301. The molecule has 4 aromatic rings. The number of pyridine rings is 1. The number of hydrogen-bond acceptors (Lipinski definition) is 5. The number of carbonyl (C=O) groups excluding carboxylic acids is 1. The molecule has 8 heteroatoms. The number of imidazole rings is 1. The molecule has 0 radical (unpaired) electrons. The van der Waals surface area contributed by atoms with Crippen molar-refractivity contribution in [2.45, 2.75) is 13.3 Å². The zero-order chi connectivity index (χ0) is 22.5. The first-order chi connectivity index (χ1) is 15.5. The summed E-state index contributed by atoms with van der Waals surface area (Å²) in [6.07, 6.45) is 5.64. The van der Waals surface area contributed by atoms with E-state index in [4.69, 9.17) is 5.73 Å². The fourth-order valence-electron chi connectivity index (χ4n) is 3.28. The number of aromatic nitrogens is 3. The number of nitrogen functional groups attached to an aromatic ring is 1. The lowest BCUT2D eigenvalue weighted by Crippen LogP contribution is -2.26. The number of hydrogen-bond donors (Lipinski definition) is 3. The molecule has 0 aliphatic rings. The number of aryl methyl sites for hydroxylation is 1. The highest BCUT2D eigenvalue weighted by molar-refractivity contribution is 5.92. The summed E-state index contributed by atoms with van der Waals surface area (Å²) in [5, 5.41) is 6.02. The number of nitrogens with two attached hydrogens (primary N) is 1. The SMILES string of the molecule is Cc1cnc(Nc2ccc(F)cc2)cc1-n1cnc(C(=O)NCCc2ccccc2N)c1. The highest BCUT2D eigenvalue weighted by Gasteiger charge is 2.12. The normalized spacial score (nSPS) is 10.7. The minimum absolute atomic E-state index is 0.255. The summed E-state index contributed by atoms with van der Waals surface area (Å²) >= 11 is 0. The Morgan fingerprint density at radius 2 is 1.91 bits per heavy atom. The fourth-order valence-corrected chi connectivity index (χ4v) is 3.28. The predicted molar refractivity (Wildman–Crippen MR) is 123 cm³/mol.